The number of hydrogen-bond acceptors (Lipinski definition) is 4. The highest BCUT2D eigenvalue weighted by Gasteiger charge is 2.17. The van der Waals surface area contributed by atoms with Crippen LogP contribution in [-0.2, 0) is 16.6 Å². The first-order valence-corrected chi connectivity index (χ1v) is 9.93. The largest absolute Gasteiger partial charge is 0.494 e. The first-order valence-electron chi connectivity index (χ1n) is 8.45. The molecule has 140 valence electrons. The zero-order chi connectivity index (χ0) is 19.2. The van der Waals surface area contributed by atoms with Crippen molar-refractivity contribution in [2.45, 2.75) is 25.3 Å². The van der Waals surface area contributed by atoms with E-state index in [0.717, 1.165) is 11.3 Å². The van der Waals surface area contributed by atoms with Gasteiger partial charge in [-0.15, -0.1) is 0 Å². The summed E-state index contributed by atoms with van der Waals surface area (Å²) < 4.78 is 31.9. The highest BCUT2D eigenvalue weighted by Crippen LogP contribution is 2.20. The second-order valence-corrected chi connectivity index (χ2v) is 7.49. The maximum atomic E-state index is 12.6. The summed E-state index contributed by atoms with van der Waals surface area (Å²) in [5.74, 6) is 0.561. The Bertz CT molecular complexity index is 848. The van der Waals surface area contributed by atoms with Crippen LogP contribution in [0.1, 0.15) is 29.8 Å². The number of rotatable bonds is 8. The highest BCUT2D eigenvalue weighted by molar-refractivity contribution is 7.89. The van der Waals surface area contributed by atoms with Gasteiger partial charge in [0.05, 0.1) is 11.5 Å². The predicted octanol–water partition coefficient (Wildman–Crippen LogP) is 2.66. The number of para-hydroxylation sites is 1. The first-order chi connectivity index (χ1) is 12.4. The van der Waals surface area contributed by atoms with E-state index in [1.165, 1.54) is 24.3 Å². The number of hydrogen-bond donors (Lipinski definition) is 1. The summed E-state index contributed by atoms with van der Waals surface area (Å²) >= 11 is 0. The van der Waals surface area contributed by atoms with Crippen molar-refractivity contribution < 1.29 is 17.9 Å². The summed E-state index contributed by atoms with van der Waals surface area (Å²) in [7, 11) is -1.82. The molecule has 2 aromatic carbocycles. The van der Waals surface area contributed by atoms with Gasteiger partial charge in [-0.05, 0) is 37.3 Å². The monoisotopic (exact) mass is 376 g/mol. The van der Waals surface area contributed by atoms with Crippen molar-refractivity contribution in [3.63, 3.8) is 0 Å². The molecule has 0 heterocycles. The number of carbonyl (C=O) groups is 1. The van der Waals surface area contributed by atoms with Crippen molar-refractivity contribution in [2.24, 2.45) is 0 Å². The lowest BCUT2D eigenvalue weighted by Gasteiger charge is -2.19. The molecule has 0 radical (unpaired) electrons. The van der Waals surface area contributed by atoms with Gasteiger partial charge in [-0.1, -0.05) is 25.1 Å². The second-order valence-electron chi connectivity index (χ2n) is 5.73. The maximum Gasteiger partial charge on any atom is 0.253 e. The molecule has 0 aromatic heterocycles. The topological polar surface area (TPSA) is 75.7 Å². The molecule has 0 fully saturated rings. The Kier molecular flexibility index (Phi) is 6.76. The van der Waals surface area contributed by atoms with E-state index in [-0.39, 0.29) is 10.8 Å². The number of amides is 1. The van der Waals surface area contributed by atoms with Crippen molar-refractivity contribution in [3.8, 4) is 5.75 Å². The van der Waals surface area contributed by atoms with Crippen LogP contribution in [0.3, 0.4) is 0 Å². The molecule has 1 amide bonds. The summed E-state index contributed by atoms with van der Waals surface area (Å²) in [5, 5.41) is 0. The SMILES string of the molecule is CCNS(=O)(=O)c1ccc(C(=O)N(C)Cc2ccccc2OCC)cc1. The molecule has 0 aliphatic carbocycles. The molecule has 0 saturated heterocycles. The summed E-state index contributed by atoms with van der Waals surface area (Å²) in [6.07, 6.45) is 0. The molecule has 7 heteroatoms. The van der Waals surface area contributed by atoms with E-state index in [2.05, 4.69) is 4.72 Å². The molecule has 6 nitrogen and oxygen atoms in total. The summed E-state index contributed by atoms with van der Waals surface area (Å²) in [4.78, 5) is 14.3. The number of carbonyl (C=O) groups excluding carboxylic acids is 1. The Morgan fingerprint density at radius 2 is 1.73 bits per heavy atom. The van der Waals surface area contributed by atoms with Gasteiger partial charge in [0.2, 0.25) is 10.0 Å². The van der Waals surface area contributed by atoms with Crippen molar-refractivity contribution in [1.82, 2.24) is 9.62 Å². The summed E-state index contributed by atoms with van der Waals surface area (Å²) in [6.45, 7) is 4.88. The van der Waals surface area contributed by atoms with Crippen LogP contribution in [0.4, 0.5) is 0 Å². The van der Waals surface area contributed by atoms with Gasteiger partial charge in [-0.25, -0.2) is 13.1 Å². The van der Waals surface area contributed by atoms with Gasteiger partial charge < -0.3 is 9.64 Å². The third-order valence-corrected chi connectivity index (χ3v) is 5.33. The van der Waals surface area contributed by atoms with Crippen molar-refractivity contribution in [3.05, 3.63) is 59.7 Å². The van der Waals surface area contributed by atoms with Crippen LogP contribution in [0, 0.1) is 0 Å². The van der Waals surface area contributed by atoms with Gasteiger partial charge in [-0.3, -0.25) is 4.79 Å². The zero-order valence-electron chi connectivity index (χ0n) is 15.2. The quantitative estimate of drug-likeness (QED) is 0.768. The molecular formula is C19H24N2O4S. The molecule has 0 saturated carbocycles. The van der Waals surface area contributed by atoms with E-state index in [9.17, 15) is 13.2 Å². The number of benzene rings is 2. The zero-order valence-corrected chi connectivity index (χ0v) is 16.0. The lowest BCUT2D eigenvalue weighted by Crippen LogP contribution is -2.27. The predicted molar refractivity (Wildman–Crippen MR) is 101 cm³/mol. The average molecular weight is 376 g/mol. The van der Waals surface area contributed by atoms with Crippen molar-refractivity contribution >= 4 is 15.9 Å². The van der Waals surface area contributed by atoms with Crippen LogP contribution in [-0.4, -0.2) is 39.4 Å². The number of nitrogens with zero attached hydrogens (tertiary/aromatic N) is 1. The van der Waals surface area contributed by atoms with Gasteiger partial charge in [0.1, 0.15) is 5.75 Å². The van der Waals surface area contributed by atoms with Crippen molar-refractivity contribution in [2.75, 3.05) is 20.2 Å². The van der Waals surface area contributed by atoms with E-state index in [1.54, 1.807) is 18.9 Å². The molecule has 0 bridgehead atoms. The number of nitrogens with one attached hydrogen (secondary N) is 1. The highest BCUT2D eigenvalue weighted by atomic mass is 32.2. The standard InChI is InChI=1S/C19H24N2O4S/c1-4-20-26(23,24)17-12-10-15(11-13-17)19(22)21(3)14-16-8-6-7-9-18(16)25-5-2/h6-13,20H,4-5,14H2,1-3H3. The Balaban J connectivity index is 2.14. The lowest BCUT2D eigenvalue weighted by atomic mass is 10.1. The summed E-state index contributed by atoms with van der Waals surface area (Å²) in [5.41, 5.74) is 1.34. The Morgan fingerprint density at radius 1 is 1.08 bits per heavy atom. The smallest absolute Gasteiger partial charge is 0.253 e. The minimum Gasteiger partial charge on any atom is -0.494 e. The third kappa shape index (κ3) is 4.83. The molecule has 0 aliphatic rings. The molecule has 0 atom stereocenters. The second kappa shape index (κ2) is 8.82. The molecule has 1 N–H and O–H groups in total. The summed E-state index contributed by atoms with van der Waals surface area (Å²) in [6, 6.07) is 13.5. The van der Waals surface area contributed by atoms with Gasteiger partial charge in [0.25, 0.3) is 5.91 Å². The minimum absolute atomic E-state index is 0.139. The molecule has 2 aromatic rings. The maximum absolute atomic E-state index is 12.6. The molecule has 2 rings (SSSR count). The average Bonchev–Trinajstić information content (AvgIpc) is 2.63. The molecule has 0 unspecified atom stereocenters. The van der Waals surface area contributed by atoms with Gasteiger partial charge in [-0.2, -0.15) is 0 Å². The van der Waals surface area contributed by atoms with Crippen molar-refractivity contribution in [1.29, 1.82) is 0 Å². The minimum atomic E-state index is -3.52. The van der Waals surface area contributed by atoms with Crippen LogP contribution < -0.4 is 9.46 Å². The third-order valence-electron chi connectivity index (χ3n) is 3.77. The van der Waals surface area contributed by atoms with Crippen LogP contribution >= 0.6 is 0 Å². The number of ether oxygens (including phenoxy) is 1. The van der Waals surface area contributed by atoms with Gasteiger partial charge in [0, 0.05) is 31.3 Å². The molecule has 0 aliphatic heterocycles. The van der Waals surface area contributed by atoms with Crippen LogP contribution in [0.15, 0.2) is 53.4 Å². The van der Waals surface area contributed by atoms with E-state index in [1.807, 2.05) is 31.2 Å². The van der Waals surface area contributed by atoms with Crippen LogP contribution in [0.25, 0.3) is 0 Å². The number of sulfonamides is 1. The van der Waals surface area contributed by atoms with Gasteiger partial charge >= 0.3 is 0 Å². The van der Waals surface area contributed by atoms with Crippen LogP contribution in [0.5, 0.6) is 5.75 Å². The molecular weight excluding hydrogens is 352 g/mol. The lowest BCUT2D eigenvalue weighted by molar-refractivity contribution is 0.0784. The Hall–Kier alpha value is -2.38. The first kappa shape index (κ1) is 19.9. The molecule has 0 spiro atoms. The Morgan fingerprint density at radius 3 is 2.35 bits per heavy atom. The molecule has 26 heavy (non-hydrogen) atoms. The normalized spacial score (nSPS) is 11.2. The Labute approximate surface area is 154 Å². The van der Waals surface area contributed by atoms with E-state index >= 15 is 0 Å². The fourth-order valence-electron chi connectivity index (χ4n) is 2.53. The van der Waals surface area contributed by atoms with E-state index in [0.29, 0.717) is 25.3 Å². The fraction of sp³-hybridized carbons (Fsp3) is 0.316. The van der Waals surface area contributed by atoms with E-state index < -0.39 is 10.0 Å². The van der Waals surface area contributed by atoms with Gasteiger partial charge in [0.15, 0.2) is 0 Å². The van der Waals surface area contributed by atoms with E-state index in [4.69, 9.17) is 4.74 Å². The fourth-order valence-corrected chi connectivity index (χ4v) is 3.57. The van der Waals surface area contributed by atoms with Crippen LogP contribution in [0.2, 0.25) is 0 Å².